The topological polar surface area (TPSA) is 40.9 Å². The molecule has 0 heterocycles. The Labute approximate surface area is 182 Å². The van der Waals surface area contributed by atoms with E-state index in [9.17, 15) is 10.1 Å². The first-order valence-electron chi connectivity index (χ1n) is 10.4. The Morgan fingerprint density at radius 3 is 1.33 bits per heavy atom. The molecule has 0 aliphatic rings. The van der Waals surface area contributed by atoms with Crippen LogP contribution in [0.2, 0.25) is 0 Å². The Bertz CT molecular complexity index is 841. The van der Waals surface area contributed by atoms with Crippen LogP contribution in [0.1, 0.15) is 34.1 Å². The van der Waals surface area contributed by atoms with Crippen molar-refractivity contribution >= 4 is 34.9 Å². The highest BCUT2D eigenvalue weighted by atomic mass is 31.2. The lowest BCUT2D eigenvalue weighted by Gasteiger charge is -2.27. The van der Waals surface area contributed by atoms with Crippen LogP contribution in [-0.4, -0.2) is 12.1 Å². The van der Waals surface area contributed by atoms with Gasteiger partial charge >= 0.3 is 0 Å². The van der Waals surface area contributed by atoms with Gasteiger partial charge in [0.1, 0.15) is 6.29 Å². The van der Waals surface area contributed by atoms with Crippen LogP contribution in [-0.2, 0) is 4.79 Å². The third-order valence-electron chi connectivity index (χ3n) is 4.62. The summed E-state index contributed by atoms with van der Waals surface area (Å²) >= 11 is 0. The summed E-state index contributed by atoms with van der Waals surface area (Å²) < 4.78 is 0. The Morgan fingerprint density at radius 2 is 1.13 bits per heavy atom. The van der Waals surface area contributed by atoms with E-state index in [0.717, 1.165) is 12.7 Å². The van der Waals surface area contributed by atoms with E-state index in [1.165, 1.54) is 15.9 Å². The molecule has 0 bridgehead atoms. The largest absolute Gasteiger partial charge is 0.303 e. The van der Waals surface area contributed by atoms with E-state index >= 15 is 0 Å². The number of nitriles is 1. The molecule has 0 spiro atoms. The highest BCUT2D eigenvalue weighted by Gasteiger charge is 2.24. The van der Waals surface area contributed by atoms with Gasteiger partial charge in [-0.1, -0.05) is 119 Å². The number of hydrogen-bond acceptors (Lipinski definition) is 2. The molecule has 156 valence electrons. The molecule has 1 atom stereocenters. The lowest BCUT2D eigenvalue weighted by Crippen LogP contribution is -2.26. The minimum Gasteiger partial charge on any atom is -0.303 e. The Morgan fingerprint density at radius 1 is 0.800 bits per heavy atom. The van der Waals surface area contributed by atoms with Crippen LogP contribution in [0.3, 0.4) is 0 Å². The molecule has 0 radical (unpaired) electrons. The zero-order chi connectivity index (χ0) is 22.2. The molecule has 0 aliphatic heterocycles. The van der Waals surface area contributed by atoms with Crippen LogP contribution in [0.15, 0.2) is 91.0 Å². The van der Waals surface area contributed by atoms with Gasteiger partial charge in [-0.25, -0.2) is 0 Å². The molecule has 0 fully saturated rings. The zero-order valence-corrected chi connectivity index (χ0v) is 19.3. The van der Waals surface area contributed by atoms with Crippen LogP contribution in [0.25, 0.3) is 0 Å². The molecule has 3 aromatic carbocycles. The Balaban J connectivity index is 0.000000487. The number of carbonyl (C=O) groups excluding carboxylic acids is 1. The summed E-state index contributed by atoms with van der Waals surface area (Å²) in [5, 5.41) is 13.1. The van der Waals surface area contributed by atoms with Gasteiger partial charge < -0.3 is 4.79 Å². The first-order chi connectivity index (χ1) is 14.7. The van der Waals surface area contributed by atoms with Crippen molar-refractivity contribution in [3.05, 3.63) is 91.0 Å². The van der Waals surface area contributed by atoms with E-state index < -0.39 is 6.89 Å². The second kappa shape index (κ2) is 14.2. The molecule has 30 heavy (non-hydrogen) atoms. The van der Waals surface area contributed by atoms with Gasteiger partial charge in [0.05, 0.1) is 6.07 Å². The third-order valence-corrected chi connectivity index (χ3v) is 8.46. The fourth-order valence-electron chi connectivity index (χ4n) is 2.84. The van der Waals surface area contributed by atoms with Crippen LogP contribution in [0.4, 0.5) is 0 Å². The number of carbonyl (C=O) groups is 1. The third kappa shape index (κ3) is 6.58. The van der Waals surface area contributed by atoms with Crippen molar-refractivity contribution < 1.29 is 4.79 Å². The summed E-state index contributed by atoms with van der Waals surface area (Å²) in [5.74, 6) is 2.09. The van der Waals surface area contributed by atoms with E-state index in [2.05, 4.69) is 42.5 Å². The van der Waals surface area contributed by atoms with Crippen LogP contribution >= 0.6 is 6.89 Å². The predicted octanol–water partition coefficient (Wildman–Crippen LogP) is 5.56. The number of benzene rings is 3. The van der Waals surface area contributed by atoms with Crippen molar-refractivity contribution in [2.75, 3.05) is 0 Å². The van der Waals surface area contributed by atoms with Crippen molar-refractivity contribution in [2.45, 2.75) is 34.1 Å². The molecule has 0 aromatic heterocycles. The molecule has 0 saturated carbocycles. The smallest absolute Gasteiger partial charge is 0.122 e. The lowest BCUT2D eigenvalue weighted by molar-refractivity contribution is -0.110. The Hall–Kier alpha value is -2.88. The molecule has 0 aliphatic carbocycles. The van der Waals surface area contributed by atoms with Gasteiger partial charge in [-0.15, -0.1) is 0 Å². The summed E-state index contributed by atoms with van der Waals surface area (Å²) in [5.41, 5.74) is 0. The molecule has 0 N–H and O–H groups in total. The molecule has 0 saturated heterocycles. The van der Waals surface area contributed by atoms with E-state index in [1.54, 1.807) is 0 Å². The molecular weight excluding hydrogens is 385 g/mol. The molecule has 3 rings (SSSR count). The van der Waals surface area contributed by atoms with Crippen molar-refractivity contribution in [1.82, 2.24) is 0 Å². The van der Waals surface area contributed by atoms with E-state index in [1.807, 2.05) is 88.1 Å². The summed E-state index contributed by atoms with van der Waals surface area (Å²) in [6.45, 7) is 5.87. The van der Waals surface area contributed by atoms with Crippen molar-refractivity contribution in [3.63, 3.8) is 0 Å². The van der Waals surface area contributed by atoms with Gasteiger partial charge in [0.2, 0.25) is 0 Å². The van der Waals surface area contributed by atoms with Crippen molar-refractivity contribution in [2.24, 2.45) is 5.92 Å². The molecule has 3 aromatic rings. The molecule has 2 nitrogen and oxygen atoms in total. The van der Waals surface area contributed by atoms with Gasteiger partial charge in [-0.05, 0) is 29.2 Å². The average Bonchev–Trinajstić information content (AvgIpc) is 2.85. The number of aldehydes is 1. The minimum absolute atomic E-state index is 0.255. The first-order valence-corrected chi connectivity index (χ1v) is 12.3. The average molecular weight is 418 g/mol. The monoisotopic (exact) mass is 417 g/mol. The summed E-state index contributed by atoms with van der Waals surface area (Å²) in [6.07, 6.45) is 1.93. The van der Waals surface area contributed by atoms with E-state index in [4.69, 9.17) is 0 Å². The molecule has 1 unspecified atom stereocenters. The summed E-state index contributed by atoms with van der Waals surface area (Å²) in [7, 11) is 0. The maximum Gasteiger partial charge on any atom is 0.122 e. The Kier molecular flexibility index (Phi) is 11.9. The fraction of sp³-hybridized carbons (Fsp3) is 0.222. The van der Waals surface area contributed by atoms with Gasteiger partial charge in [0.15, 0.2) is 0 Å². The second-order valence-electron chi connectivity index (χ2n) is 6.51. The lowest BCUT2D eigenvalue weighted by atomic mass is 10.2. The van der Waals surface area contributed by atoms with Gasteiger partial charge in [-0.2, -0.15) is 5.26 Å². The molecular formula is C27H32NOP. The highest BCUT2D eigenvalue weighted by Crippen LogP contribution is 2.43. The maximum absolute atomic E-state index is 9.74. The summed E-state index contributed by atoms with van der Waals surface area (Å²) in [4.78, 5) is 9.74. The zero-order valence-electron chi connectivity index (χ0n) is 18.4. The van der Waals surface area contributed by atoms with E-state index in [-0.39, 0.29) is 5.92 Å². The van der Waals surface area contributed by atoms with Crippen LogP contribution in [0, 0.1) is 17.2 Å². The van der Waals surface area contributed by atoms with Gasteiger partial charge in [0.25, 0.3) is 0 Å². The van der Waals surface area contributed by atoms with Crippen LogP contribution in [0.5, 0.6) is 0 Å². The van der Waals surface area contributed by atoms with E-state index in [0.29, 0.717) is 0 Å². The van der Waals surface area contributed by atoms with Crippen LogP contribution < -0.4 is 15.9 Å². The molecule has 0 amide bonds. The second-order valence-corrected chi connectivity index (χ2v) is 9.76. The fourth-order valence-corrected chi connectivity index (χ4v) is 6.29. The SMILES string of the molecule is CC.CCC(C)C=O.N#CC=P(c1ccccc1)(c1ccccc1)c1ccccc1. The highest BCUT2D eigenvalue weighted by molar-refractivity contribution is 7.94. The number of rotatable bonds is 5. The van der Waals surface area contributed by atoms with Gasteiger partial charge in [0, 0.05) is 11.7 Å². The first kappa shape index (κ1) is 25.2. The van der Waals surface area contributed by atoms with Crippen molar-refractivity contribution in [3.8, 4) is 6.07 Å². The quantitative estimate of drug-likeness (QED) is 0.403. The number of nitrogens with zero attached hydrogens (tertiary/aromatic N) is 1. The normalized spacial score (nSPS) is 10.8. The number of hydrogen-bond donors (Lipinski definition) is 0. The standard InChI is InChI=1S/C20H16NP.C5H10O.C2H6/c21-16-17-22(18-10-4-1-5-11-18,19-12-6-2-7-13-19)20-14-8-3-9-15-20;1-3-5(2)4-6;1-2/h1-15,17H;4-5H,3H2,1-2H3;1-2H3. The molecule has 3 heteroatoms. The minimum atomic E-state index is -2.04. The predicted molar refractivity (Wildman–Crippen MR) is 134 cm³/mol. The maximum atomic E-state index is 9.74. The van der Waals surface area contributed by atoms with Gasteiger partial charge in [-0.3, -0.25) is 0 Å². The summed E-state index contributed by atoms with van der Waals surface area (Å²) in [6, 6.07) is 33.4. The van der Waals surface area contributed by atoms with Crippen molar-refractivity contribution in [1.29, 1.82) is 5.26 Å².